The second-order valence-corrected chi connectivity index (χ2v) is 3.44. The topological polar surface area (TPSA) is 68.0 Å². The Morgan fingerprint density at radius 1 is 1.41 bits per heavy atom. The Morgan fingerprint density at radius 3 is 2.59 bits per heavy atom. The molecule has 94 valence electrons. The maximum atomic E-state index is 11.8. The maximum Gasteiger partial charge on any atom is 0.389 e. The molecule has 1 aromatic heterocycles. The second-order valence-electron chi connectivity index (χ2n) is 3.44. The molecule has 0 unspecified atom stereocenters. The lowest BCUT2D eigenvalue weighted by molar-refractivity contribution is -0.134. The zero-order valence-corrected chi connectivity index (χ0v) is 8.92. The minimum Gasteiger partial charge on any atom is -0.370 e. The predicted molar refractivity (Wildman–Crippen MR) is 56.5 cm³/mol. The van der Waals surface area contributed by atoms with Crippen LogP contribution in [0.25, 0.3) is 0 Å². The SMILES string of the molecule is NC(=O)c1ccc(NCCCC(F)(F)F)nc1. The monoisotopic (exact) mass is 247 g/mol. The Hall–Kier alpha value is -1.79. The van der Waals surface area contributed by atoms with Crippen LogP contribution in [-0.2, 0) is 0 Å². The molecule has 0 spiro atoms. The number of carbonyl (C=O) groups is 1. The van der Waals surface area contributed by atoms with Crippen LogP contribution in [0.15, 0.2) is 18.3 Å². The van der Waals surface area contributed by atoms with Gasteiger partial charge in [-0.15, -0.1) is 0 Å². The van der Waals surface area contributed by atoms with Crippen LogP contribution in [0.2, 0.25) is 0 Å². The summed E-state index contributed by atoms with van der Waals surface area (Å²) in [5.41, 5.74) is 5.26. The lowest BCUT2D eigenvalue weighted by Crippen LogP contribution is -2.13. The molecule has 0 radical (unpaired) electrons. The minimum absolute atomic E-state index is 0.0250. The van der Waals surface area contributed by atoms with Crippen LogP contribution in [0.1, 0.15) is 23.2 Å². The number of hydrogen-bond donors (Lipinski definition) is 2. The Morgan fingerprint density at radius 2 is 2.12 bits per heavy atom. The average molecular weight is 247 g/mol. The highest BCUT2D eigenvalue weighted by Gasteiger charge is 2.25. The number of carbonyl (C=O) groups excluding carboxylic acids is 1. The molecule has 0 aliphatic heterocycles. The predicted octanol–water partition coefficient (Wildman–Crippen LogP) is 1.93. The van der Waals surface area contributed by atoms with E-state index in [1.54, 1.807) is 0 Å². The van der Waals surface area contributed by atoms with Gasteiger partial charge in [0.1, 0.15) is 5.82 Å². The van der Waals surface area contributed by atoms with Crippen molar-refractivity contribution in [3.63, 3.8) is 0 Å². The first-order valence-corrected chi connectivity index (χ1v) is 4.95. The number of halogens is 3. The lowest BCUT2D eigenvalue weighted by Gasteiger charge is -2.07. The Balaban J connectivity index is 2.35. The van der Waals surface area contributed by atoms with E-state index < -0.39 is 18.5 Å². The number of anilines is 1. The Bertz CT molecular complexity index is 375. The molecular formula is C10H12F3N3O. The summed E-state index contributed by atoms with van der Waals surface area (Å²) in [7, 11) is 0. The molecule has 0 saturated carbocycles. The number of alkyl halides is 3. The summed E-state index contributed by atoms with van der Waals surface area (Å²) in [4.78, 5) is 14.6. The summed E-state index contributed by atoms with van der Waals surface area (Å²) < 4.78 is 35.5. The Labute approximate surface area is 96.0 Å². The largest absolute Gasteiger partial charge is 0.389 e. The number of pyridine rings is 1. The van der Waals surface area contributed by atoms with Crippen molar-refractivity contribution in [1.82, 2.24) is 4.98 Å². The number of nitrogens with zero attached hydrogens (tertiary/aromatic N) is 1. The van der Waals surface area contributed by atoms with E-state index in [1.807, 2.05) is 0 Å². The molecule has 0 aliphatic carbocycles. The molecule has 0 fully saturated rings. The normalized spacial score (nSPS) is 11.2. The maximum absolute atomic E-state index is 11.8. The molecular weight excluding hydrogens is 235 g/mol. The van der Waals surface area contributed by atoms with E-state index in [2.05, 4.69) is 10.3 Å². The van der Waals surface area contributed by atoms with Crippen LogP contribution in [0.5, 0.6) is 0 Å². The van der Waals surface area contributed by atoms with Crippen molar-refractivity contribution in [1.29, 1.82) is 0 Å². The van der Waals surface area contributed by atoms with Crippen LogP contribution < -0.4 is 11.1 Å². The molecule has 1 amide bonds. The summed E-state index contributed by atoms with van der Waals surface area (Å²) in [6.45, 7) is 0.169. The number of nitrogens with two attached hydrogens (primary N) is 1. The molecule has 1 aromatic rings. The highest BCUT2D eigenvalue weighted by atomic mass is 19.4. The van der Waals surface area contributed by atoms with Crippen LogP contribution in [0.3, 0.4) is 0 Å². The van der Waals surface area contributed by atoms with Crippen molar-refractivity contribution in [2.45, 2.75) is 19.0 Å². The van der Waals surface area contributed by atoms with Gasteiger partial charge in [0, 0.05) is 19.2 Å². The van der Waals surface area contributed by atoms with Crippen molar-refractivity contribution in [3.05, 3.63) is 23.9 Å². The van der Waals surface area contributed by atoms with Gasteiger partial charge in [0.2, 0.25) is 5.91 Å². The number of aromatic nitrogens is 1. The second kappa shape index (κ2) is 5.51. The highest BCUT2D eigenvalue weighted by Crippen LogP contribution is 2.21. The average Bonchev–Trinajstić information content (AvgIpc) is 2.24. The molecule has 3 N–H and O–H groups in total. The van der Waals surface area contributed by atoms with E-state index in [1.165, 1.54) is 18.3 Å². The van der Waals surface area contributed by atoms with Gasteiger partial charge in [0.25, 0.3) is 0 Å². The molecule has 0 aromatic carbocycles. The van der Waals surface area contributed by atoms with Gasteiger partial charge >= 0.3 is 6.18 Å². The molecule has 0 aliphatic rings. The van der Waals surface area contributed by atoms with Gasteiger partial charge < -0.3 is 11.1 Å². The van der Waals surface area contributed by atoms with Gasteiger partial charge in [-0.25, -0.2) is 4.98 Å². The Kier molecular flexibility index (Phi) is 4.30. The fraction of sp³-hybridized carbons (Fsp3) is 0.400. The van der Waals surface area contributed by atoms with E-state index in [0.717, 1.165) is 0 Å². The molecule has 1 heterocycles. The first kappa shape index (κ1) is 13.3. The summed E-state index contributed by atoms with van der Waals surface area (Å²) in [6, 6.07) is 2.95. The smallest absolute Gasteiger partial charge is 0.370 e. The molecule has 1 rings (SSSR count). The van der Waals surface area contributed by atoms with E-state index in [-0.39, 0.29) is 18.5 Å². The third-order valence-electron chi connectivity index (χ3n) is 1.99. The molecule has 0 atom stereocenters. The zero-order valence-electron chi connectivity index (χ0n) is 8.92. The molecule has 4 nitrogen and oxygen atoms in total. The van der Waals surface area contributed by atoms with E-state index in [4.69, 9.17) is 5.73 Å². The highest BCUT2D eigenvalue weighted by molar-refractivity contribution is 5.92. The van der Waals surface area contributed by atoms with Crippen LogP contribution in [0.4, 0.5) is 19.0 Å². The fourth-order valence-electron chi connectivity index (χ4n) is 1.15. The standard InChI is InChI=1S/C10H12F3N3O/c11-10(12,13)4-1-5-15-8-3-2-7(6-16-8)9(14)17/h2-3,6H,1,4-5H2,(H2,14,17)(H,15,16). The van der Waals surface area contributed by atoms with E-state index >= 15 is 0 Å². The summed E-state index contributed by atoms with van der Waals surface area (Å²) in [6.07, 6.45) is -3.72. The first-order valence-electron chi connectivity index (χ1n) is 4.95. The van der Waals surface area contributed by atoms with Gasteiger partial charge in [0.15, 0.2) is 0 Å². The van der Waals surface area contributed by atoms with Crippen LogP contribution >= 0.6 is 0 Å². The number of rotatable bonds is 5. The van der Waals surface area contributed by atoms with Gasteiger partial charge in [-0.1, -0.05) is 0 Å². The van der Waals surface area contributed by atoms with E-state index in [0.29, 0.717) is 5.82 Å². The lowest BCUT2D eigenvalue weighted by atomic mass is 10.2. The summed E-state index contributed by atoms with van der Waals surface area (Å²) >= 11 is 0. The summed E-state index contributed by atoms with van der Waals surface area (Å²) in [5.74, 6) is -0.182. The quantitative estimate of drug-likeness (QED) is 0.781. The third kappa shape index (κ3) is 5.19. The molecule has 7 heteroatoms. The molecule has 17 heavy (non-hydrogen) atoms. The van der Waals surface area contributed by atoms with E-state index in [9.17, 15) is 18.0 Å². The van der Waals surface area contributed by atoms with Crippen molar-refractivity contribution >= 4 is 11.7 Å². The number of nitrogens with one attached hydrogen (secondary N) is 1. The molecule has 0 bridgehead atoms. The van der Waals surface area contributed by atoms with Gasteiger partial charge in [0.05, 0.1) is 5.56 Å². The number of primary amides is 1. The van der Waals surface area contributed by atoms with Gasteiger partial charge in [-0.2, -0.15) is 13.2 Å². The van der Waals surface area contributed by atoms with Gasteiger partial charge in [-0.3, -0.25) is 4.79 Å². The van der Waals surface area contributed by atoms with Crippen molar-refractivity contribution in [2.24, 2.45) is 5.73 Å². The molecule has 0 saturated heterocycles. The van der Waals surface area contributed by atoms with Crippen molar-refractivity contribution < 1.29 is 18.0 Å². The van der Waals surface area contributed by atoms with Gasteiger partial charge in [-0.05, 0) is 18.6 Å². The van der Waals surface area contributed by atoms with Crippen molar-refractivity contribution in [2.75, 3.05) is 11.9 Å². The zero-order chi connectivity index (χ0) is 12.9. The number of hydrogen-bond acceptors (Lipinski definition) is 3. The third-order valence-corrected chi connectivity index (χ3v) is 1.99. The number of amides is 1. The van der Waals surface area contributed by atoms with Crippen LogP contribution in [-0.4, -0.2) is 23.6 Å². The van der Waals surface area contributed by atoms with Crippen LogP contribution in [0, 0.1) is 0 Å². The fourth-order valence-corrected chi connectivity index (χ4v) is 1.15. The minimum atomic E-state index is -4.13. The summed E-state index contributed by atoms with van der Waals surface area (Å²) in [5, 5.41) is 2.72. The van der Waals surface area contributed by atoms with Crippen molar-refractivity contribution in [3.8, 4) is 0 Å². The first-order chi connectivity index (χ1) is 7.88.